The summed E-state index contributed by atoms with van der Waals surface area (Å²) in [5, 5.41) is 5.61. The summed E-state index contributed by atoms with van der Waals surface area (Å²) in [6.07, 6.45) is 0. The molecule has 0 saturated heterocycles. The maximum absolute atomic E-state index is 11.4. The molecule has 0 unspecified atom stereocenters. The molecule has 1 atom stereocenters. The van der Waals surface area contributed by atoms with Gasteiger partial charge in [0.1, 0.15) is 11.1 Å². The predicted octanol–water partition coefficient (Wildman–Crippen LogP) is 1.52. The molecule has 0 aromatic heterocycles. The summed E-state index contributed by atoms with van der Waals surface area (Å²) in [4.78, 5) is 11.4. The van der Waals surface area contributed by atoms with Gasteiger partial charge in [0.05, 0.1) is 7.11 Å². The SMILES string of the molecule is COc1ccc([C@@H]2SC(N)=NN2C(C)=O)cc1. The molecule has 2 N–H and O–H groups in total. The van der Waals surface area contributed by atoms with Crippen molar-refractivity contribution >= 4 is 22.8 Å². The number of benzene rings is 1. The monoisotopic (exact) mass is 251 g/mol. The average molecular weight is 251 g/mol. The molecule has 6 heteroatoms. The Bertz CT molecular complexity index is 458. The highest BCUT2D eigenvalue weighted by atomic mass is 32.2. The second-order valence-corrected chi connectivity index (χ2v) is 4.65. The number of hydrazone groups is 1. The highest BCUT2D eigenvalue weighted by Gasteiger charge is 2.30. The molecule has 0 saturated carbocycles. The smallest absolute Gasteiger partial charge is 0.241 e. The van der Waals surface area contributed by atoms with Crippen molar-refractivity contribution in [2.24, 2.45) is 10.8 Å². The Morgan fingerprint density at radius 2 is 2.12 bits per heavy atom. The summed E-state index contributed by atoms with van der Waals surface area (Å²) in [5.74, 6) is 0.652. The minimum absolute atomic E-state index is 0.126. The van der Waals surface area contributed by atoms with Gasteiger partial charge in [0.2, 0.25) is 5.91 Å². The molecule has 1 aliphatic rings. The Labute approximate surface area is 104 Å². The zero-order valence-electron chi connectivity index (χ0n) is 9.58. The van der Waals surface area contributed by atoms with Crippen LogP contribution in [0, 0.1) is 0 Å². The highest BCUT2D eigenvalue weighted by Crippen LogP contribution is 2.38. The lowest BCUT2D eigenvalue weighted by molar-refractivity contribution is -0.129. The van der Waals surface area contributed by atoms with Crippen molar-refractivity contribution in [3.8, 4) is 5.75 Å². The van der Waals surface area contributed by atoms with Crippen LogP contribution in [0.4, 0.5) is 0 Å². The van der Waals surface area contributed by atoms with E-state index in [1.165, 1.54) is 23.7 Å². The van der Waals surface area contributed by atoms with Crippen molar-refractivity contribution in [3.63, 3.8) is 0 Å². The number of nitrogens with zero attached hydrogens (tertiary/aromatic N) is 2. The van der Waals surface area contributed by atoms with Crippen molar-refractivity contribution in [1.82, 2.24) is 5.01 Å². The van der Waals surface area contributed by atoms with E-state index in [0.29, 0.717) is 5.17 Å². The van der Waals surface area contributed by atoms with E-state index >= 15 is 0 Å². The van der Waals surface area contributed by atoms with Gasteiger partial charge in [-0.3, -0.25) is 4.79 Å². The number of carbonyl (C=O) groups excluding carboxylic acids is 1. The second-order valence-electron chi connectivity index (χ2n) is 3.55. The quantitative estimate of drug-likeness (QED) is 0.865. The van der Waals surface area contributed by atoms with E-state index in [2.05, 4.69) is 5.10 Å². The topological polar surface area (TPSA) is 67.9 Å². The first-order chi connectivity index (χ1) is 8.11. The Morgan fingerprint density at radius 1 is 1.47 bits per heavy atom. The molecule has 1 amide bonds. The minimum atomic E-state index is -0.182. The molecule has 0 bridgehead atoms. The molecule has 17 heavy (non-hydrogen) atoms. The van der Waals surface area contributed by atoms with E-state index in [-0.39, 0.29) is 11.3 Å². The first-order valence-electron chi connectivity index (χ1n) is 5.06. The number of hydrogen-bond acceptors (Lipinski definition) is 5. The third-order valence-electron chi connectivity index (χ3n) is 2.38. The normalized spacial score (nSPS) is 19.1. The van der Waals surface area contributed by atoms with Gasteiger partial charge in [0.25, 0.3) is 0 Å². The van der Waals surface area contributed by atoms with Crippen LogP contribution < -0.4 is 10.5 Å². The molecule has 1 aromatic rings. The van der Waals surface area contributed by atoms with Crippen LogP contribution in [-0.4, -0.2) is 23.2 Å². The number of methoxy groups -OCH3 is 1. The lowest BCUT2D eigenvalue weighted by atomic mass is 10.2. The summed E-state index contributed by atoms with van der Waals surface area (Å²) in [7, 11) is 1.61. The lowest BCUT2D eigenvalue weighted by Crippen LogP contribution is -2.23. The number of rotatable bonds is 2. The number of carbonyl (C=O) groups is 1. The van der Waals surface area contributed by atoms with Crippen LogP contribution in [0.1, 0.15) is 17.9 Å². The molecule has 5 nitrogen and oxygen atoms in total. The molecule has 0 spiro atoms. The maximum Gasteiger partial charge on any atom is 0.241 e. The zero-order chi connectivity index (χ0) is 12.4. The summed E-state index contributed by atoms with van der Waals surface area (Å²) in [5.41, 5.74) is 6.61. The van der Waals surface area contributed by atoms with Gasteiger partial charge in [0, 0.05) is 6.92 Å². The summed E-state index contributed by atoms with van der Waals surface area (Å²) in [6, 6.07) is 7.51. The summed E-state index contributed by atoms with van der Waals surface area (Å²) in [6.45, 7) is 1.47. The largest absolute Gasteiger partial charge is 0.497 e. The van der Waals surface area contributed by atoms with Gasteiger partial charge in [-0.2, -0.15) is 0 Å². The number of ether oxygens (including phenoxy) is 1. The summed E-state index contributed by atoms with van der Waals surface area (Å²) >= 11 is 1.36. The molecule has 90 valence electrons. The Hall–Kier alpha value is -1.69. The number of amides is 1. The second kappa shape index (κ2) is 4.67. The standard InChI is InChI=1S/C11H13N3O2S/c1-7(15)14-10(17-11(12)13-14)8-3-5-9(16-2)6-4-8/h3-6,10H,1-2H3,(H2,12,13)/t10-/m0/s1. The van der Waals surface area contributed by atoms with Crippen molar-refractivity contribution in [3.05, 3.63) is 29.8 Å². The van der Waals surface area contributed by atoms with E-state index in [9.17, 15) is 4.79 Å². The highest BCUT2D eigenvalue weighted by molar-refractivity contribution is 8.14. The third-order valence-corrected chi connectivity index (χ3v) is 3.40. The van der Waals surface area contributed by atoms with Gasteiger partial charge in [-0.15, -0.1) is 5.10 Å². The van der Waals surface area contributed by atoms with Gasteiger partial charge >= 0.3 is 0 Å². The fraction of sp³-hybridized carbons (Fsp3) is 0.273. The zero-order valence-corrected chi connectivity index (χ0v) is 10.4. The maximum atomic E-state index is 11.4. The Kier molecular flexibility index (Phi) is 3.23. The van der Waals surface area contributed by atoms with Crippen molar-refractivity contribution in [2.75, 3.05) is 7.11 Å². The van der Waals surface area contributed by atoms with E-state index < -0.39 is 0 Å². The van der Waals surface area contributed by atoms with Gasteiger partial charge in [-0.25, -0.2) is 5.01 Å². The number of nitrogens with two attached hydrogens (primary N) is 1. The first-order valence-corrected chi connectivity index (χ1v) is 5.94. The van der Waals surface area contributed by atoms with Gasteiger partial charge in [-0.05, 0) is 17.7 Å². The molecular weight excluding hydrogens is 238 g/mol. The van der Waals surface area contributed by atoms with Gasteiger partial charge < -0.3 is 10.5 Å². The van der Waals surface area contributed by atoms with Crippen LogP contribution in [-0.2, 0) is 4.79 Å². The molecule has 0 radical (unpaired) electrons. The molecule has 1 aromatic carbocycles. The van der Waals surface area contributed by atoms with Gasteiger partial charge in [-0.1, -0.05) is 23.9 Å². The molecule has 1 aliphatic heterocycles. The average Bonchev–Trinajstić information content (AvgIpc) is 2.72. The van der Waals surface area contributed by atoms with E-state index in [1.807, 2.05) is 24.3 Å². The van der Waals surface area contributed by atoms with Crippen LogP contribution >= 0.6 is 11.8 Å². The van der Waals surface area contributed by atoms with Crippen LogP contribution in [0.15, 0.2) is 29.4 Å². The lowest BCUT2D eigenvalue weighted by Gasteiger charge is -2.19. The van der Waals surface area contributed by atoms with E-state index in [0.717, 1.165) is 11.3 Å². The molecular formula is C11H13N3O2S. The number of hydrogen-bond donors (Lipinski definition) is 1. The fourth-order valence-corrected chi connectivity index (χ4v) is 2.51. The fourth-order valence-electron chi connectivity index (χ4n) is 1.56. The Morgan fingerprint density at radius 3 is 2.65 bits per heavy atom. The van der Waals surface area contributed by atoms with E-state index in [4.69, 9.17) is 10.5 Å². The molecule has 2 rings (SSSR count). The van der Waals surface area contributed by atoms with Crippen LogP contribution in [0.3, 0.4) is 0 Å². The Balaban J connectivity index is 2.24. The predicted molar refractivity (Wildman–Crippen MR) is 67.5 cm³/mol. The summed E-state index contributed by atoms with van der Waals surface area (Å²) < 4.78 is 5.09. The number of amidine groups is 1. The van der Waals surface area contributed by atoms with Crippen molar-refractivity contribution in [2.45, 2.75) is 12.3 Å². The molecule has 0 fully saturated rings. The van der Waals surface area contributed by atoms with Crippen molar-refractivity contribution < 1.29 is 9.53 Å². The molecule has 0 aliphatic carbocycles. The van der Waals surface area contributed by atoms with Crippen LogP contribution in [0.25, 0.3) is 0 Å². The third kappa shape index (κ3) is 2.36. The van der Waals surface area contributed by atoms with Crippen molar-refractivity contribution in [1.29, 1.82) is 0 Å². The van der Waals surface area contributed by atoms with Crippen LogP contribution in [0.2, 0.25) is 0 Å². The van der Waals surface area contributed by atoms with Gasteiger partial charge in [0.15, 0.2) is 5.17 Å². The van der Waals surface area contributed by atoms with E-state index in [1.54, 1.807) is 7.11 Å². The molecule has 1 heterocycles. The first kappa shape index (κ1) is 11.8. The minimum Gasteiger partial charge on any atom is -0.497 e. The number of thioether (sulfide) groups is 1. The van der Waals surface area contributed by atoms with Crippen LogP contribution in [0.5, 0.6) is 5.75 Å².